The summed E-state index contributed by atoms with van der Waals surface area (Å²) in [7, 11) is -1.51. The highest BCUT2D eigenvalue weighted by Gasteiger charge is 2.28. The fourth-order valence-corrected chi connectivity index (χ4v) is 2.58. The maximum absolute atomic E-state index is 11.8. The van der Waals surface area contributed by atoms with Crippen LogP contribution in [-0.4, -0.2) is 37.8 Å². The number of hydrogen-bond donors (Lipinski definition) is 2. The fraction of sp³-hybridized carbons (Fsp3) is 0.667. The van der Waals surface area contributed by atoms with Gasteiger partial charge in [0.25, 0.3) is 0 Å². The molecular formula is C9H16N4O2S. The molecule has 0 unspecified atom stereocenters. The van der Waals surface area contributed by atoms with Crippen molar-refractivity contribution >= 4 is 10.0 Å². The maximum Gasteiger partial charge on any atom is 0.243 e. The third-order valence-electron chi connectivity index (χ3n) is 2.41. The van der Waals surface area contributed by atoms with Gasteiger partial charge in [0.15, 0.2) is 0 Å². The molecule has 7 heteroatoms. The summed E-state index contributed by atoms with van der Waals surface area (Å²) >= 11 is 0. The molecule has 6 nitrogen and oxygen atoms in total. The third-order valence-corrected chi connectivity index (χ3v) is 3.88. The summed E-state index contributed by atoms with van der Waals surface area (Å²) in [5.41, 5.74) is 0. The van der Waals surface area contributed by atoms with Gasteiger partial charge < -0.3 is 5.32 Å². The quantitative estimate of drug-likeness (QED) is 0.710. The van der Waals surface area contributed by atoms with E-state index in [0.29, 0.717) is 6.54 Å². The van der Waals surface area contributed by atoms with Crippen LogP contribution in [0.2, 0.25) is 0 Å². The summed E-state index contributed by atoms with van der Waals surface area (Å²) in [4.78, 5) is 0.246. The van der Waals surface area contributed by atoms with Gasteiger partial charge in [-0.2, -0.15) is 5.10 Å². The van der Waals surface area contributed by atoms with E-state index in [2.05, 4.69) is 15.1 Å². The molecule has 0 saturated heterocycles. The second-order valence-corrected chi connectivity index (χ2v) is 5.65. The van der Waals surface area contributed by atoms with E-state index in [1.165, 1.54) is 6.20 Å². The van der Waals surface area contributed by atoms with Crippen molar-refractivity contribution in [1.82, 2.24) is 19.8 Å². The van der Waals surface area contributed by atoms with Gasteiger partial charge in [-0.05, 0) is 19.9 Å². The monoisotopic (exact) mass is 244 g/mol. The molecule has 1 aromatic rings. The van der Waals surface area contributed by atoms with E-state index in [0.717, 1.165) is 19.4 Å². The lowest BCUT2D eigenvalue weighted by Gasteiger charge is -2.01. The molecule has 0 radical (unpaired) electrons. The first-order chi connectivity index (χ1) is 7.62. The molecule has 0 spiro atoms. The Balaban J connectivity index is 2.04. The van der Waals surface area contributed by atoms with Crippen LogP contribution in [0.4, 0.5) is 0 Å². The highest BCUT2D eigenvalue weighted by molar-refractivity contribution is 7.89. The standard InChI is InChI=1S/C9H16N4O2S/c1-10-4-5-13-7-9(6-11-13)16(14,15)12-8-2-3-8/h6-8,10,12H,2-5H2,1H3. The van der Waals surface area contributed by atoms with Gasteiger partial charge in [-0.3, -0.25) is 4.68 Å². The van der Waals surface area contributed by atoms with Crippen molar-refractivity contribution in [3.63, 3.8) is 0 Å². The lowest BCUT2D eigenvalue weighted by atomic mass is 10.6. The zero-order chi connectivity index (χ0) is 11.6. The van der Waals surface area contributed by atoms with E-state index in [4.69, 9.17) is 0 Å². The first-order valence-corrected chi connectivity index (χ1v) is 6.79. The van der Waals surface area contributed by atoms with Gasteiger partial charge in [-0.25, -0.2) is 13.1 Å². The van der Waals surface area contributed by atoms with Crippen LogP contribution < -0.4 is 10.0 Å². The van der Waals surface area contributed by atoms with Crippen LogP contribution in [0.25, 0.3) is 0 Å². The number of likely N-dealkylation sites (N-methyl/N-ethyl adjacent to an activating group) is 1. The summed E-state index contributed by atoms with van der Waals surface area (Å²) < 4.78 is 27.8. The second kappa shape index (κ2) is 4.52. The molecule has 0 aliphatic heterocycles. The van der Waals surface area contributed by atoms with Crippen molar-refractivity contribution in [2.24, 2.45) is 0 Å². The molecular weight excluding hydrogens is 228 g/mol. The van der Waals surface area contributed by atoms with Crippen LogP contribution in [0.15, 0.2) is 17.3 Å². The van der Waals surface area contributed by atoms with Gasteiger partial charge in [0.2, 0.25) is 10.0 Å². The summed E-state index contributed by atoms with van der Waals surface area (Å²) in [6, 6.07) is 0.130. The Bertz CT molecular complexity index is 450. The van der Waals surface area contributed by atoms with Crippen molar-refractivity contribution in [2.75, 3.05) is 13.6 Å². The van der Waals surface area contributed by atoms with Crippen LogP contribution in [-0.2, 0) is 16.6 Å². The van der Waals surface area contributed by atoms with E-state index < -0.39 is 10.0 Å². The largest absolute Gasteiger partial charge is 0.318 e. The highest BCUT2D eigenvalue weighted by atomic mass is 32.2. The molecule has 1 aliphatic carbocycles. The number of sulfonamides is 1. The van der Waals surface area contributed by atoms with Crippen molar-refractivity contribution < 1.29 is 8.42 Å². The lowest BCUT2D eigenvalue weighted by Crippen LogP contribution is -2.25. The van der Waals surface area contributed by atoms with Crippen LogP contribution >= 0.6 is 0 Å². The van der Waals surface area contributed by atoms with Gasteiger partial charge in [0.1, 0.15) is 4.90 Å². The summed E-state index contributed by atoms with van der Waals surface area (Å²) in [5, 5.41) is 6.99. The molecule has 2 N–H and O–H groups in total. The number of hydrogen-bond acceptors (Lipinski definition) is 4. The molecule has 1 saturated carbocycles. The summed E-state index contributed by atoms with van der Waals surface area (Å²) in [6.45, 7) is 1.42. The number of aromatic nitrogens is 2. The van der Waals surface area contributed by atoms with Crippen molar-refractivity contribution in [3.05, 3.63) is 12.4 Å². The number of rotatable bonds is 6. The smallest absolute Gasteiger partial charge is 0.243 e. The molecule has 1 aliphatic rings. The highest BCUT2D eigenvalue weighted by Crippen LogP contribution is 2.21. The van der Waals surface area contributed by atoms with Gasteiger partial charge in [-0.15, -0.1) is 0 Å². The van der Waals surface area contributed by atoms with Gasteiger partial charge in [-0.1, -0.05) is 0 Å². The molecule has 0 bridgehead atoms. The fourth-order valence-electron chi connectivity index (χ4n) is 1.32. The summed E-state index contributed by atoms with van der Waals surface area (Å²) in [6.07, 6.45) is 4.82. The van der Waals surface area contributed by atoms with Crippen molar-refractivity contribution in [2.45, 2.75) is 30.3 Å². The zero-order valence-corrected chi connectivity index (χ0v) is 10.00. The Morgan fingerprint density at radius 3 is 2.94 bits per heavy atom. The van der Waals surface area contributed by atoms with E-state index >= 15 is 0 Å². The van der Waals surface area contributed by atoms with E-state index in [1.54, 1.807) is 10.9 Å². The van der Waals surface area contributed by atoms with Crippen molar-refractivity contribution in [3.8, 4) is 0 Å². The van der Waals surface area contributed by atoms with Gasteiger partial charge in [0.05, 0.1) is 12.7 Å². The first-order valence-electron chi connectivity index (χ1n) is 5.31. The molecule has 1 aromatic heterocycles. The predicted molar refractivity (Wildman–Crippen MR) is 59.5 cm³/mol. The molecule has 1 fully saturated rings. The van der Waals surface area contributed by atoms with Crippen molar-refractivity contribution in [1.29, 1.82) is 0 Å². The van der Waals surface area contributed by atoms with E-state index in [9.17, 15) is 8.42 Å². The van der Waals surface area contributed by atoms with Crippen LogP contribution in [0.3, 0.4) is 0 Å². The molecule has 0 aromatic carbocycles. The minimum atomic E-state index is -3.35. The third kappa shape index (κ3) is 2.81. The molecule has 2 rings (SSSR count). The lowest BCUT2D eigenvalue weighted by molar-refractivity contribution is 0.576. The Kier molecular flexibility index (Phi) is 3.27. The molecule has 0 amide bonds. The Labute approximate surface area is 95.1 Å². The molecule has 1 heterocycles. The van der Waals surface area contributed by atoms with Crippen LogP contribution in [0.1, 0.15) is 12.8 Å². The molecule has 0 atom stereocenters. The second-order valence-electron chi connectivity index (χ2n) is 3.94. The average molecular weight is 244 g/mol. The number of nitrogens with zero attached hydrogens (tertiary/aromatic N) is 2. The van der Waals surface area contributed by atoms with Crippen LogP contribution in [0, 0.1) is 0 Å². The topological polar surface area (TPSA) is 76.0 Å². The van der Waals surface area contributed by atoms with Gasteiger partial charge in [0, 0.05) is 18.8 Å². The Hall–Kier alpha value is -0.920. The first kappa shape index (κ1) is 11.6. The Morgan fingerprint density at radius 1 is 1.56 bits per heavy atom. The van der Waals surface area contributed by atoms with Crippen LogP contribution in [0.5, 0.6) is 0 Å². The Morgan fingerprint density at radius 2 is 2.31 bits per heavy atom. The minimum Gasteiger partial charge on any atom is -0.318 e. The predicted octanol–water partition coefficient (Wildman–Crippen LogP) is -0.457. The zero-order valence-electron chi connectivity index (χ0n) is 9.18. The summed E-state index contributed by atoms with van der Waals surface area (Å²) in [5.74, 6) is 0. The molecule has 16 heavy (non-hydrogen) atoms. The average Bonchev–Trinajstić information content (AvgIpc) is 2.89. The SMILES string of the molecule is CNCCn1cc(S(=O)(=O)NC2CC2)cn1. The minimum absolute atomic E-state index is 0.130. The van der Waals surface area contributed by atoms with E-state index in [1.807, 2.05) is 7.05 Å². The number of nitrogens with one attached hydrogen (secondary N) is 2. The molecule has 90 valence electrons. The van der Waals surface area contributed by atoms with E-state index in [-0.39, 0.29) is 10.9 Å². The normalized spacial score (nSPS) is 16.6. The maximum atomic E-state index is 11.8. The van der Waals surface area contributed by atoms with Gasteiger partial charge >= 0.3 is 0 Å².